The van der Waals surface area contributed by atoms with E-state index in [1.54, 1.807) is 0 Å². The lowest BCUT2D eigenvalue weighted by Gasteiger charge is -2.34. The number of aromatic nitrogens is 2. The Morgan fingerprint density at radius 2 is 2.07 bits per heavy atom. The minimum atomic E-state index is 0.681. The predicted octanol–water partition coefficient (Wildman–Crippen LogP) is 2.65. The van der Waals surface area contributed by atoms with Crippen LogP contribution in [0.5, 0.6) is 0 Å². The Hall–Kier alpha value is -0.990. The maximum absolute atomic E-state index is 4.35. The van der Waals surface area contributed by atoms with Gasteiger partial charge in [0.05, 0.1) is 0 Å². The number of hydrogen-bond donors (Lipinski definition) is 1. The van der Waals surface area contributed by atoms with E-state index in [1.165, 1.54) is 38.5 Å². The van der Waals surface area contributed by atoms with Crippen LogP contribution in [0.3, 0.4) is 0 Å². The van der Waals surface area contributed by atoms with E-state index in [-0.39, 0.29) is 0 Å². The van der Waals surface area contributed by atoms with Gasteiger partial charge in [0.1, 0.15) is 0 Å². The summed E-state index contributed by atoms with van der Waals surface area (Å²) in [5.74, 6) is 1.97. The van der Waals surface area contributed by atoms with Crippen LogP contribution in [0.25, 0.3) is 0 Å². The Kier molecular flexibility index (Phi) is 2.39. The Morgan fingerprint density at radius 1 is 1.20 bits per heavy atom. The molecule has 1 unspecified atom stereocenters. The first kappa shape index (κ1) is 9.25. The Labute approximate surface area is 90.9 Å². The third-order valence-corrected chi connectivity index (χ3v) is 3.93. The zero-order valence-corrected chi connectivity index (χ0v) is 9.15. The van der Waals surface area contributed by atoms with Crippen molar-refractivity contribution in [2.24, 2.45) is 5.92 Å². The van der Waals surface area contributed by atoms with Crippen molar-refractivity contribution in [2.75, 3.05) is 5.32 Å². The number of aryl methyl sites for hydroxylation is 1. The number of nitrogens with zero attached hydrogens (tertiary/aromatic N) is 2. The minimum absolute atomic E-state index is 0.681. The fourth-order valence-electron chi connectivity index (χ4n) is 3.04. The normalized spacial score (nSPS) is 27.1. The fourth-order valence-corrected chi connectivity index (χ4v) is 3.04. The molecule has 0 saturated heterocycles. The van der Waals surface area contributed by atoms with Gasteiger partial charge in [-0.1, -0.05) is 19.3 Å². The van der Waals surface area contributed by atoms with Crippen LogP contribution < -0.4 is 5.32 Å². The Morgan fingerprint density at radius 3 is 2.93 bits per heavy atom. The SMILES string of the molecule is c1cn2c(n1)NC(C1CCCCC1)CC2. The minimum Gasteiger partial charge on any atom is -0.353 e. The molecule has 2 heterocycles. The maximum atomic E-state index is 4.35. The lowest BCUT2D eigenvalue weighted by molar-refractivity contribution is 0.292. The van der Waals surface area contributed by atoms with Crippen LogP contribution in [0.1, 0.15) is 38.5 Å². The summed E-state index contributed by atoms with van der Waals surface area (Å²) in [5, 5.41) is 3.60. The molecular formula is C12H19N3. The summed E-state index contributed by atoms with van der Waals surface area (Å²) in [4.78, 5) is 4.35. The highest BCUT2D eigenvalue weighted by Gasteiger charge is 2.27. The van der Waals surface area contributed by atoms with Crippen molar-refractivity contribution in [3.63, 3.8) is 0 Å². The summed E-state index contributed by atoms with van der Waals surface area (Å²) < 4.78 is 2.22. The van der Waals surface area contributed by atoms with Gasteiger partial charge in [-0.3, -0.25) is 0 Å². The molecule has 0 radical (unpaired) electrons. The highest BCUT2D eigenvalue weighted by molar-refractivity contribution is 5.30. The highest BCUT2D eigenvalue weighted by Crippen LogP contribution is 2.31. The third-order valence-electron chi connectivity index (χ3n) is 3.93. The third kappa shape index (κ3) is 1.75. The van der Waals surface area contributed by atoms with E-state index in [1.807, 2.05) is 6.20 Å². The summed E-state index contributed by atoms with van der Waals surface area (Å²) in [7, 11) is 0. The van der Waals surface area contributed by atoms with Crippen LogP contribution in [0.4, 0.5) is 5.95 Å². The van der Waals surface area contributed by atoms with Crippen molar-refractivity contribution < 1.29 is 0 Å². The van der Waals surface area contributed by atoms with E-state index in [0.29, 0.717) is 6.04 Å². The van der Waals surface area contributed by atoms with Crippen LogP contribution in [0.2, 0.25) is 0 Å². The molecule has 0 amide bonds. The molecule has 3 nitrogen and oxygen atoms in total. The molecule has 2 aliphatic rings. The van der Waals surface area contributed by atoms with Gasteiger partial charge in [0.2, 0.25) is 5.95 Å². The molecule has 1 N–H and O–H groups in total. The van der Waals surface area contributed by atoms with E-state index in [9.17, 15) is 0 Å². The summed E-state index contributed by atoms with van der Waals surface area (Å²) in [6.45, 7) is 1.14. The molecule has 1 atom stereocenters. The Bertz CT molecular complexity index is 325. The van der Waals surface area contributed by atoms with E-state index >= 15 is 0 Å². The number of rotatable bonds is 1. The molecule has 0 bridgehead atoms. The molecule has 1 aromatic heterocycles. The van der Waals surface area contributed by atoms with Gasteiger partial charge in [-0.2, -0.15) is 0 Å². The molecule has 0 spiro atoms. The number of nitrogens with one attached hydrogen (secondary N) is 1. The molecular weight excluding hydrogens is 186 g/mol. The van der Waals surface area contributed by atoms with Crippen LogP contribution in [0, 0.1) is 5.92 Å². The number of fused-ring (bicyclic) bond motifs is 1. The summed E-state index contributed by atoms with van der Waals surface area (Å²) in [6, 6.07) is 0.681. The first-order chi connectivity index (χ1) is 7.43. The van der Waals surface area contributed by atoms with Gasteiger partial charge in [0.25, 0.3) is 0 Å². The summed E-state index contributed by atoms with van der Waals surface area (Å²) >= 11 is 0. The van der Waals surface area contributed by atoms with E-state index in [4.69, 9.17) is 0 Å². The summed E-state index contributed by atoms with van der Waals surface area (Å²) in [6.07, 6.45) is 12.4. The van der Waals surface area contributed by atoms with Crippen LogP contribution in [-0.2, 0) is 6.54 Å². The average Bonchev–Trinajstić information content (AvgIpc) is 2.77. The van der Waals surface area contributed by atoms with Crippen molar-refractivity contribution in [3.05, 3.63) is 12.4 Å². The highest BCUT2D eigenvalue weighted by atomic mass is 15.2. The van der Waals surface area contributed by atoms with E-state index in [2.05, 4.69) is 21.1 Å². The van der Waals surface area contributed by atoms with Gasteiger partial charge in [0, 0.05) is 25.0 Å². The summed E-state index contributed by atoms with van der Waals surface area (Å²) in [5.41, 5.74) is 0. The van der Waals surface area contributed by atoms with Gasteiger partial charge in [-0.25, -0.2) is 4.98 Å². The lowest BCUT2D eigenvalue weighted by Crippen LogP contribution is -2.36. The van der Waals surface area contributed by atoms with Gasteiger partial charge < -0.3 is 9.88 Å². The van der Waals surface area contributed by atoms with Crippen molar-refractivity contribution in [1.82, 2.24) is 9.55 Å². The first-order valence-corrected chi connectivity index (χ1v) is 6.21. The molecule has 1 fully saturated rings. The number of hydrogen-bond acceptors (Lipinski definition) is 2. The van der Waals surface area contributed by atoms with Crippen LogP contribution in [-0.4, -0.2) is 15.6 Å². The molecule has 3 heteroatoms. The molecule has 1 aliphatic heterocycles. The van der Waals surface area contributed by atoms with Gasteiger partial charge in [-0.15, -0.1) is 0 Å². The van der Waals surface area contributed by atoms with Crippen LogP contribution in [0.15, 0.2) is 12.4 Å². The standard InChI is InChI=1S/C12H19N3/c1-2-4-10(5-3-1)11-6-8-15-9-7-13-12(15)14-11/h7,9-11H,1-6,8H2,(H,13,14). The van der Waals surface area contributed by atoms with E-state index < -0.39 is 0 Å². The molecule has 1 aromatic rings. The van der Waals surface area contributed by atoms with Crippen molar-refractivity contribution in [2.45, 2.75) is 51.1 Å². The van der Waals surface area contributed by atoms with Gasteiger partial charge in [0.15, 0.2) is 0 Å². The van der Waals surface area contributed by atoms with Gasteiger partial charge >= 0.3 is 0 Å². The molecule has 0 aromatic carbocycles. The lowest BCUT2D eigenvalue weighted by atomic mass is 9.82. The molecule has 15 heavy (non-hydrogen) atoms. The first-order valence-electron chi connectivity index (χ1n) is 6.21. The predicted molar refractivity (Wildman–Crippen MR) is 60.8 cm³/mol. The molecule has 3 rings (SSSR count). The number of imidazole rings is 1. The zero-order chi connectivity index (χ0) is 10.1. The van der Waals surface area contributed by atoms with Gasteiger partial charge in [-0.05, 0) is 25.2 Å². The zero-order valence-electron chi connectivity index (χ0n) is 9.15. The molecule has 1 aliphatic carbocycles. The van der Waals surface area contributed by atoms with Crippen LogP contribution >= 0.6 is 0 Å². The van der Waals surface area contributed by atoms with Crippen molar-refractivity contribution in [3.8, 4) is 0 Å². The van der Waals surface area contributed by atoms with Crippen molar-refractivity contribution >= 4 is 5.95 Å². The second-order valence-corrected chi connectivity index (χ2v) is 4.88. The molecule has 1 saturated carbocycles. The second-order valence-electron chi connectivity index (χ2n) is 4.88. The smallest absolute Gasteiger partial charge is 0.202 e. The quantitative estimate of drug-likeness (QED) is 0.764. The number of anilines is 1. The largest absolute Gasteiger partial charge is 0.353 e. The average molecular weight is 205 g/mol. The molecule has 82 valence electrons. The monoisotopic (exact) mass is 205 g/mol. The topological polar surface area (TPSA) is 29.9 Å². The Balaban J connectivity index is 1.69. The maximum Gasteiger partial charge on any atom is 0.202 e. The van der Waals surface area contributed by atoms with E-state index in [0.717, 1.165) is 18.4 Å². The fraction of sp³-hybridized carbons (Fsp3) is 0.750. The second kappa shape index (κ2) is 3.87. The van der Waals surface area contributed by atoms with Crippen molar-refractivity contribution in [1.29, 1.82) is 0 Å².